The van der Waals surface area contributed by atoms with Gasteiger partial charge in [-0.25, -0.2) is 4.98 Å². The molecule has 0 saturated carbocycles. The minimum Gasteiger partial charge on any atom is -0.321 e. The summed E-state index contributed by atoms with van der Waals surface area (Å²) in [5.41, 5.74) is 1.70. The zero-order valence-corrected chi connectivity index (χ0v) is 13.9. The SMILES string of the molecule is Cc1ccc(NC(=O)c2ccc(-n3ccnc3)c([N+](=O)[O-])c2)c(Cl)c1. The monoisotopic (exact) mass is 356 g/mol. The normalized spacial score (nSPS) is 10.5. The molecule has 0 radical (unpaired) electrons. The van der Waals surface area contributed by atoms with Gasteiger partial charge in [-0.1, -0.05) is 17.7 Å². The average Bonchev–Trinajstić information content (AvgIpc) is 3.11. The van der Waals surface area contributed by atoms with E-state index >= 15 is 0 Å². The molecule has 0 aliphatic rings. The number of aromatic nitrogens is 2. The first kappa shape index (κ1) is 16.7. The van der Waals surface area contributed by atoms with E-state index in [0.29, 0.717) is 16.4 Å². The van der Waals surface area contributed by atoms with Crippen LogP contribution >= 0.6 is 11.6 Å². The maximum Gasteiger partial charge on any atom is 0.294 e. The Balaban J connectivity index is 1.93. The number of benzene rings is 2. The molecule has 1 aromatic heterocycles. The first-order chi connectivity index (χ1) is 12.0. The zero-order valence-electron chi connectivity index (χ0n) is 13.1. The number of hydrogen-bond donors (Lipinski definition) is 1. The largest absolute Gasteiger partial charge is 0.321 e. The number of nitrogens with one attached hydrogen (secondary N) is 1. The average molecular weight is 357 g/mol. The molecule has 0 saturated heterocycles. The predicted molar refractivity (Wildman–Crippen MR) is 94.4 cm³/mol. The fourth-order valence-corrected chi connectivity index (χ4v) is 2.63. The van der Waals surface area contributed by atoms with E-state index < -0.39 is 10.8 Å². The minimum atomic E-state index is -0.537. The van der Waals surface area contributed by atoms with E-state index in [-0.39, 0.29) is 11.3 Å². The van der Waals surface area contributed by atoms with Gasteiger partial charge in [0.2, 0.25) is 0 Å². The van der Waals surface area contributed by atoms with Gasteiger partial charge in [-0.05, 0) is 36.8 Å². The van der Waals surface area contributed by atoms with Crippen molar-refractivity contribution in [3.63, 3.8) is 0 Å². The van der Waals surface area contributed by atoms with Crippen molar-refractivity contribution >= 4 is 28.9 Å². The third kappa shape index (κ3) is 3.51. The molecule has 3 aromatic rings. The lowest BCUT2D eigenvalue weighted by Gasteiger charge is -2.09. The lowest BCUT2D eigenvalue weighted by atomic mass is 10.1. The second kappa shape index (κ2) is 6.74. The number of hydrogen-bond acceptors (Lipinski definition) is 4. The number of amides is 1. The number of halogens is 1. The topological polar surface area (TPSA) is 90.1 Å². The summed E-state index contributed by atoms with van der Waals surface area (Å²) in [5.74, 6) is -0.481. The fraction of sp³-hybridized carbons (Fsp3) is 0.0588. The molecule has 0 unspecified atom stereocenters. The van der Waals surface area contributed by atoms with Gasteiger partial charge >= 0.3 is 0 Å². The van der Waals surface area contributed by atoms with Gasteiger partial charge in [0.25, 0.3) is 11.6 Å². The Labute approximate surface area is 148 Å². The molecule has 1 heterocycles. The Kier molecular flexibility index (Phi) is 4.49. The van der Waals surface area contributed by atoms with Crippen LogP contribution in [0.15, 0.2) is 55.1 Å². The van der Waals surface area contributed by atoms with E-state index in [1.54, 1.807) is 18.3 Å². The van der Waals surface area contributed by atoms with Crippen molar-refractivity contribution in [2.24, 2.45) is 0 Å². The number of rotatable bonds is 4. The Morgan fingerprint density at radius 3 is 2.72 bits per heavy atom. The summed E-state index contributed by atoms with van der Waals surface area (Å²) in [5, 5.41) is 14.4. The number of anilines is 1. The second-order valence-electron chi connectivity index (χ2n) is 5.37. The van der Waals surface area contributed by atoms with Gasteiger partial charge in [0, 0.05) is 24.0 Å². The van der Waals surface area contributed by atoms with Gasteiger partial charge in [0.15, 0.2) is 0 Å². The molecule has 0 bridgehead atoms. The van der Waals surface area contributed by atoms with Crippen molar-refractivity contribution in [2.45, 2.75) is 6.92 Å². The molecule has 25 heavy (non-hydrogen) atoms. The summed E-state index contributed by atoms with van der Waals surface area (Å²) in [7, 11) is 0. The standard InChI is InChI=1S/C17H13ClN4O3/c1-11-2-4-14(13(18)8-11)20-17(23)12-3-5-15(16(9-12)22(24)25)21-7-6-19-10-21/h2-10H,1H3,(H,20,23). The Hall–Kier alpha value is -3.19. The highest BCUT2D eigenvalue weighted by Gasteiger charge is 2.19. The first-order valence-electron chi connectivity index (χ1n) is 7.30. The number of nitrogens with zero attached hydrogens (tertiary/aromatic N) is 3. The first-order valence-corrected chi connectivity index (χ1v) is 7.68. The van der Waals surface area contributed by atoms with E-state index in [1.807, 2.05) is 13.0 Å². The van der Waals surface area contributed by atoms with Crippen LogP contribution in [0.4, 0.5) is 11.4 Å². The Morgan fingerprint density at radius 1 is 1.28 bits per heavy atom. The smallest absolute Gasteiger partial charge is 0.294 e. The van der Waals surface area contributed by atoms with Gasteiger partial charge in [-0.15, -0.1) is 0 Å². The molecule has 0 spiro atoms. The van der Waals surface area contributed by atoms with E-state index in [4.69, 9.17) is 11.6 Å². The van der Waals surface area contributed by atoms with Gasteiger partial charge < -0.3 is 9.88 Å². The molecule has 0 aliphatic heterocycles. The van der Waals surface area contributed by atoms with Crippen molar-refractivity contribution < 1.29 is 9.72 Å². The molecule has 0 atom stereocenters. The molecule has 7 nitrogen and oxygen atoms in total. The number of carbonyl (C=O) groups is 1. The van der Waals surface area contributed by atoms with Crippen LogP contribution in [0.2, 0.25) is 5.02 Å². The van der Waals surface area contributed by atoms with Crippen LogP contribution in [0.3, 0.4) is 0 Å². The van der Waals surface area contributed by atoms with Crippen molar-refractivity contribution in [3.8, 4) is 5.69 Å². The summed E-state index contributed by atoms with van der Waals surface area (Å²) in [6.07, 6.45) is 4.56. The summed E-state index contributed by atoms with van der Waals surface area (Å²) in [6.45, 7) is 1.88. The van der Waals surface area contributed by atoms with E-state index in [9.17, 15) is 14.9 Å². The number of aryl methyl sites for hydroxylation is 1. The van der Waals surface area contributed by atoms with E-state index in [0.717, 1.165) is 5.56 Å². The molecule has 8 heteroatoms. The molecule has 2 aromatic carbocycles. The van der Waals surface area contributed by atoms with Crippen LogP contribution in [0.25, 0.3) is 5.69 Å². The lowest BCUT2D eigenvalue weighted by Crippen LogP contribution is -2.13. The Bertz CT molecular complexity index is 955. The highest BCUT2D eigenvalue weighted by atomic mass is 35.5. The van der Waals surface area contributed by atoms with E-state index in [1.165, 1.54) is 35.3 Å². The summed E-state index contributed by atoms with van der Waals surface area (Å²) >= 11 is 6.10. The Morgan fingerprint density at radius 2 is 2.08 bits per heavy atom. The van der Waals surface area contributed by atoms with Crippen LogP contribution in [0, 0.1) is 17.0 Å². The quantitative estimate of drug-likeness (QED) is 0.565. The molecular weight excluding hydrogens is 344 g/mol. The lowest BCUT2D eigenvalue weighted by molar-refractivity contribution is -0.384. The summed E-state index contributed by atoms with van der Waals surface area (Å²) in [4.78, 5) is 27.1. The highest BCUT2D eigenvalue weighted by Crippen LogP contribution is 2.26. The van der Waals surface area contributed by atoms with Crippen LogP contribution < -0.4 is 5.32 Å². The number of carbonyl (C=O) groups excluding carboxylic acids is 1. The van der Waals surface area contributed by atoms with Crippen molar-refractivity contribution in [1.29, 1.82) is 0 Å². The van der Waals surface area contributed by atoms with Gasteiger partial charge in [0.05, 0.1) is 22.0 Å². The summed E-state index contributed by atoms with van der Waals surface area (Å²) in [6, 6.07) is 9.47. The fourth-order valence-electron chi connectivity index (χ4n) is 2.35. The maximum atomic E-state index is 12.4. The molecule has 126 valence electrons. The van der Waals surface area contributed by atoms with Gasteiger partial charge in [-0.2, -0.15) is 0 Å². The molecule has 0 fully saturated rings. The molecule has 1 amide bonds. The van der Waals surface area contributed by atoms with Crippen LogP contribution in [-0.2, 0) is 0 Å². The van der Waals surface area contributed by atoms with Crippen LogP contribution in [0.5, 0.6) is 0 Å². The van der Waals surface area contributed by atoms with Crippen molar-refractivity contribution in [1.82, 2.24) is 9.55 Å². The van der Waals surface area contributed by atoms with Gasteiger partial charge in [-0.3, -0.25) is 14.9 Å². The third-order valence-electron chi connectivity index (χ3n) is 3.59. The number of imidazole rings is 1. The van der Waals surface area contributed by atoms with Crippen LogP contribution in [-0.4, -0.2) is 20.4 Å². The van der Waals surface area contributed by atoms with E-state index in [2.05, 4.69) is 10.3 Å². The zero-order chi connectivity index (χ0) is 18.0. The molecule has 3 rings (SSSR count). The highest BCUT2D eigenvalue weighted by molar-refractivity contribution is 6.34. The third-order valence-corrected chi connectivity index (χ3v) is 3.90. The van der Waals surface area contributed by atoms with Crippen molar-refractivity contribution in [2.75, 3.05) is 5.32 Å². The van der Waals surface area contributed by atoms with Crippen molar-refractivity contribution in [3.05, 3.63) is 81.4 Å². The number of nitro groups is 1. The van der Waals surface area contributed by atoms with Crippen LogP contribution in [0.1, 0.15) is 15.9 Å². The van der Waals surface area contributed by atoms with Gasteiger partial charge in [0.1, 0.15) is 5.69 Å². The molecule has 1 N–H and O–H groups in total. The second-order valence-corrected chi connectivity index (χ2v) is 5.78. The number of nitro benzene ring substituents is 1. The summed E-state index contributed by atoms with van der Waals surface area (Å²) < 4.78 is 1.51. The molecule has 0 aliphatic carbocycles. The predicted octanol–water partition coefficient (Wildman–Crippen LogP) is 3.99. The maximum absolute atomic E-state index is 12.4. The minimum absolute atomic E-state index is 0.159. The molecular formula is C17H13ClN4O3.